The van der Waals surface area contributed by atoms with Crippen LogP contribution in [0.2, 0.25) is 10.0 Å². The van der Waals surface area contributed by atoms with Crippen LogP contribution in [-0.2, 0) is 0 Å². The molecule has 0 aromatic carbocycles. The monoisotopic (exact) mass is 569 g/mol. The maximum Gasteiger partial charge on any atom is 0.354 e. The van der Waals surface area contributed by atoms with Gasteiger partial charge in [-0.2, -0.15) is 0 Å². The number of nitrogens with zero attached hydrogens (tertiary/aromatic N) is 5. The molecule has 1 N–H and O–H groups in total. The number of carboxylic acids is 1. The Morgan fingerprint density at radius 1 is 1.21 bits per heavy atom. The summed E-state index contributed by atoms with van der Waals surface area (Å²) in [7, 11) is 1.51. The smallest absolute Gasteiger partial charge is 0.354 e. The van der Waals surface area contributed by atoms with Crippen LogP contribution in [0, 0.1) is 17.8 Å². The summed E-state index contributed by atoms with van der Waals surface area (Å²) in [5.74, 6) is 2.09. The molecular formula is C26H21Cl2N5O4S. The Morgan fingerprint density at radius 3 is 2.61 bits per heavy atom. The second-order valence-corrected chi connectivity index (χ2v) is 11.7. The van der Waals surface area contributed by atoms with Gasteiger partial charge in [-0.3, -0.25) is 4.98 Å². The van der Waals surface area contributed by atoms with E-state index in [-0.39, 0.29) is 5.69 Å². The Morgan fingerprint density at radius 2 is 1.95 bits per heavy atom. The number of allylic oxidation sites excluding steroid dienone is 1. The van der Waals surface area contributed by atoms with Gasteiger partial charge in [0.25, 0.3) is 0 Å². The molecule has 38 heavy (non-hydrogen) atoms. The lowest BCUT2D eigenvalue weighted by molar-refractivity contribution is 0.0690. The molecule has 1 saturated heterocycles. The van der Waals surface area contributed by atoms with Gasteiger partial charge in [0, 0.05) is 48.6 Å². The summed E-state index contributed by atoms with van der Waals surface area (Å²) in [5.41, 5.74) is 2.79. The van der Waals surface area contributed by atoms with Crippen LogP contribution in [-0.4, -0.2) is 51.4 Å². The second kappa shape index (κ2) is 8.93. The van der Waals surface area contributed by atoms with Gasteiger partial charge in [-0.1, -0.05) is 51.8 Å². The summed E-state index contributed by atoms with van der Waals surface area (Å²) < 4.78 is 11.1. The van der Waals surface area contributed by atoms with E-state index in [0.717, 1.165) is 42.4 Å². The fourth-order valence-corrected chi connectivity index (χ4v) is 6.94. The number of piperidine rings is 1. The highest BCUT2D eigenvalue weighted by molar-refractivity contribution is 7.21. The van der Waals surface area contributed by atoms with E-state index in [9.17, 15) is 9.90 Å². The average Bonchev–Trinajstić information content (AvgIpc) is 3.66. The fraction of sp³-hybridized carbons (Fsp3) is 0.346. The summed E-state index contributed by atoms with van der Waals surface area (Å²) >= 11 is 14.3. The summed E-state index contributed by atoms with van der Waals surface area (Å²) in [6, 6.07) is 1.41. The number of halogens is 2. The van der Waals surface area contributed by atoms with Gasteiger partial charge in [-0.05, 0) is 30.6 Å². The number of methoxy groups -OCH3 is 1. The Balaban J connectivity index is 1.11. The van der Waals surface area contributed by atoms with Crippen molar-refractivity contribution in [3.05, 3.63) is 51.6 Å². The molecule has 0 amide bonds. The third kappa shape index (κ3) is 3.93. The summed E-state index contributed by atoms with van der Waals surface area (Å²) in [5, 5.41) is 15.4. The molecule has 2 aliphatic carbocycles. The Kier molecular flexibility index (Phi) is 5.61. The van der Waals surface area contributed by atoms with Gasteiger partial charge < -0.3 is 19.3 Å². The summed E-state index contributed by atoms with van der Waals surface area (Å²) in [6.07, 6.45) is 9.70. The summed E-state index contributed by atoms with van der Waals surface area (Å²) in [4.78, 5) is 27.3. The fourth-order valence-electron chi connectivity index (χ4n) is 5.42. The largest absolute Gasteiger partial charge is 0.494 e. The van der Waals surface area contributed by atoms with E-state index in [1.54, 1.807) is 12.4 Å². The van der Waals surface area contributed by atoms with Crippen molar-refractivity contribution < 1.29 is 19.2 Å². The molecular weight excluding hydrogens is 549 g/mol. The van der Waals surface area contributed by atoms with Crippen molar-refractivity contribution in [1.29, 1.82) is 0 Å². The van der Waals surface area contributed by atoms with Crippen molar-refractivity contribution in [1.82, 2.24) is 20.1 Å². The molecule has 5 heterocycles. The number of fused-ring (bicyclic) bond motifs is 2. The van der Waals surface area contributed by atoms with E-state index in [2.05, 4.69) is 32.2 Å². The number of aromatic carboxylic acids is 1. The van der Waals surface area contributed by atoms with E-state index in [0.29, 0.717) is 61.1 Å². The van der Waals surface area contributed by atoms with Crippen LogP contribution in [0.3, 0.4) is 0 Å². The van der Waals surface area contributed by atoms with E-state index in [1.807, 2.05) is 0 Å². The maximum absolute atomic E-state index is 11.4. The van der Waals surface area contributed by atoms with E-state index >= 15 is 0 Å². The number of carboxylic acid groups (broad SMARTS) is 1. The number of anilines is 1. The SMILES string of the molecule is COc1cc(C(=O)O)nc2sc(N3CC4C(/C=C/c5c(-c6c(Cl)cncc6Cl)noc5C5CC5)C4C3)nc12. The first-order valence-electron chi connectivity index (χ1n) is 12.2. The zero-order chi connectivity index (χ0) is 26.1. The van der Waals surface area contributed by atoms with Gasteiger partial charge >= 0.3 is 5.97 Å². The number of thiazole rings is 1. The first-order valence-corrected chi connectivity index (χ1v) is 13.8. The van der Waals surface area contributed by atoms with Crippen LogP contribution >= 0.6 is 34.5 Å². The van der Waals surface area contributed by atoms with E-state index in [1.165, 1.54) is 24.5 Å². The number of hydrogen-bond donors (Lipinski definition) is 1. The Hall–Kier alpha value is -3.21. The van der Waals surface area contributed by atoms with Crippen molar-refractivity contribution in [3.63, 3.8) is 0 Å². The van der Waals surface area contributed by atoms with Crippen LogP contribution in [0.4, 0.5) is 5.13 Å². The zero-order valence-corrected chi connectivity index (χ0v) is 22.4. The van der Waals surface area contributed by atoms with Crippen molar-refractivity contribution in [2.45, 2.75) is 18.8 Å². The highest BCUT2D eigenvalue weighted by atomic mass is 35.5. The van der Waals surface area contributed by atoms with E-state index < -0.39 is 5.97 Å². The number of pyridine rings is 2. The Bertz CT molecular complexity index is 1600. The third-order valence-electron chi connectivity index (χ3n) is 7.57. The quantitative estimate of drug-likeness (QED) is 0.285. The first kappa shape index (κ1) is 23.9. The van der Waals surface area contributed by atoms with Crippen LogP contribution < -0.4 is 9.64 Å². The molecule has 3 aliphatic rings. The molecule has 4 aromatic heterocycles. The number of hydrogen-bond acceptors (Lipinski definition) is 9. The molecule has 194 valence electrons. The predicted molar refractivity (Wildman–Crippen MR) is 144 cm³/mol. The molecule has 0 bridgehead atoms. The standard InChI is InChI=1S/C26H21Cl2N5O4S/c1-36-19-6-18(25(34)35)30-24-22(19)31-26(38-24)33-9-14-12(15(14)10-33)4-5-13-21(32-37-23(13)11-2-3-11)20-16(27)7-29-8-17(20)28/h4-8,11-12,14-15H,2-3,9-10H2,1H3,(H,34,35)/b5-4+. The molecule has 0 spiro atoms. The Labute approximate surface area is 231 Å². The molecule has 2 atom stereocenters. The summed E-state index contributed by atoms with van der Waals surface area (Å²) in [6.45, 7) is 1.75. The number of ether oxygens (including phenoxy) is 1. The lowest BCUT2D eigenvalue weighted by atomic mass is 10.0. The number of rotatable bonds is 7. The van der Waals surface area contributed by atoms with Crippen molar-refractivity contribution in [2.75, 3.05) is 25.1 Å². The highest BCUT2D eigenvalue weighted by Gasteiger charge is 2.54. The van der Waals surface area contributed by atoms with Crippen LogP contribution in [0.1, 0.15) is 40.6 Å². The lowest BCUT2D eigenvalue weighted by Crippen LogP contribution is -2.23. The van der Waals surface area contributed by atoms with Gasteiger partial charge in [-0.15, -0.1) is 0 Å². The molecule has 3 fully saturated rings. The molecule has 7 rings (SSSR count). The highest BCUT2D eigenvalue weighted by Crippen LogP contribution is 2.55. The molecule has 12 heteroatoms. The van der Waals surface area contributed by atoms with Crippen molar-refractivity contribution in [2.24, 2.45) is 17.8 Å². The minimum absolute atomic E-state index is 0.0490. The molecule has 2 saturated carbocycles. The third-order valence-corrected chi connectivity index (χ3v) is 9.15. The molecule has 0 radical (unpaired) electrons. The van der Waals surface area contributed by atoms with Crippen LogP contribution in [0.5, 0.6) is 5.75 Å². The maximum atomic E-state index is 11.4. The van der Waals surface area contributed by atoms with Crippen molar-refractivity contribution >= 4 is 62.1 Å². The predicted octanol–water partition coefficient (Wildman–Crippen LogP) is 6.03. The van der Waals surface area contributed by atoms with Gasteiger partial charge in [0.1, 0.15) is 27.6 Å². The van der Waals surface area contributed by atoms with Crippen molar-refractivity contribution in [3.8, 4) is 17.0 Å². The lowest BCUT2D eigenvalue weighted by Gasteiger charge is -2.17. The minimum atomic E-state index is -1.09. The van der Waals surface area contributed by atoms with Gasteiger partial charge in [-0.25, -0.2) is 14.8 Å². The van der Waals surface area contributed by atoms with Gasteiger partial charge in [0.15, 0.2) is 10.8 Å². The minimum Gasteiger partial charge on any atom is -0.494 e. The normalized spacial score (nSPS) is 22.4. The van der Waals surface area contributed by atoms with E-state index in [4.69, 9.17) is 37.4 Å². The average molecular weight is 570 g/mol. The molecule has 4 aromatic rings. The van der Waals surface area contributed by atoms with Gasteiger partial charge in [0.05, 0.1) is 17.2 Å². The number of aromatic nitrogens is 4. The van der Waals surface area contributed by atoms with Crippen LogP contribution in [0.25, 0.3) is 27.7 Å². The molecule has 2 unspecified atom stereocenters. The first-order chi connectivity index (χ1) is 18.4. The molecule has 9 nitrogen and oxygen atoms in total. The number of carbonyl (C=O) groups is 1. The van der Waals surface area contributed by atoms with Crippen LogP contribution in [0.15, 0.2) is 29.1 Å². The molecule has 1 aliphatic heterocycles. The topological polar surface area (TPSA) is 114 Å². The second-order valence-electron chi connectivity index (χ2n) is 9.90. The zero-order valence-electron chi connectivity index (χ0n) is 20.1. The van der Waals surface area contributed by atoms with Gasteiger partial charge in [0.2, 0.25) is 0 Å².